The second-order valence-electron chi connectivity index (χ2n) is 6.13. The lowest BCUT2D eigenvalue weighted by Crippen LogP contribution is -2.36. The van der Waals surface area contributed by atoms with Crippen molar-refractivity contribution < 1.29 is 0 Å². The molecule has 0 radical (unpaired) electrons. The summed E-state index contributed by atoms with van der Waals surface area (Å²) in [5, 5.41) is 3.99. The lowest BCUT2D eigenvalue weighted by atomic mass is 10.2. The summed E-state index contributed by atoms with van der Waals surface area (Å²) in [6.45, 7) is 9.23. The molecule has 1 aliphatic carbocycles. The molecular weight excluding hydrogens is 272 g/mol. The quantitative estimate of drug-likeness (QED) is 0.816. The lowest BCUT2D eigenvalue weighted by Gasteiger charge is -2.25. The van der Waals surface area contributed by atoms with Gasteiger partial charge in [-0.1, -0.05) is 25.4 Å². The Kier molecular flexibility index (Phi) is 4.86. The molecule has 1 N–H and O–H groups in total. The smallest absolute Gasteiger partial charge is 0.137 e. The topological polar surface area (TPSA) is 41.1 Å². The fraction of sp³-hybridized carbons (Fsp3) is 0.733. The number of rotatable bonds is 6. The maximum absolute atomic E-state index is 6.20. The van der Waals surface area contributed by atoms with Crippen molar-refractivity contribution in [1.29, 1.82) is 0 Å². The molecule has 20 heavy (non-hydrogen) atoms. The van der Waals surface area contributed by atoms with E-state index in [0.29, 0.717) is 11.2 Å². The van der Waals surface area contributed by atoms with Crippen LogP contribution >= 0.6 is 11.6 Å². The van der Waals surface area contributed by atoms with E-state index in [1.165, 1.54) is 12.8 Å². The summed E-state index contributed by atoms with van der Waals surface area (Å²) in [6, 6.07) is 1.26. The Morgan fingerprint density at radius 2 is 1.95 bits per heavy atom. The highest BCUT2D eigenvalue weighted by Crippen LogP contribution is 2.27. The Bertz CT molecular complexity index is 471. The zero-order chi connectivity index (χ0) is 14.9. The molecule has 1 unspecified atom stereocenters. The van der Waals surface area contributed by atoms with Gasteiger partial charge in [-0.2, -0.15) is 0 Å². The first-order valence-electron chi connectivity index (χ1n) is 7.40. The average Bonchev–Trinajstić information content (AvgIpc) is 3.23. The van der Waals surface area contributed by atoms with Crippen molar-refractivity contribution >= 4 is 17.4 Å². The molecule has 1 atom stereocenters. The molecule has 5 heteroatoms. The summed E-state index contributed by atoms with van der Waals surface area (Å²) in [5.41, 5.74) is 0.928. The number of nitrogens with zero attached hydrogens (tertiary/aromatic N) is 3. The minimum absolute atomic E-state index is 0.278. The van der Waals surface area contributed by atoms with E-state index in [2.05, 4.69) is 48.0 Å². The molecular formula is C15H25ClN4. The van der Waals surface area contributed by atoms with Crippen molar-refractivity contribution in [2.75, 3.05) is 18.9 Å². The molecule has 0 aliphatic heterocycles. The zero-order valence-electron chi connectivity index (χ0n) is 13.1. The number of nitrogens with one attached hydrogen (secondary N) is 1. The first-order valence-corrected chi connectivity index (χ1v) is 7.77. The van der Waals surface area contributed by atoms with Crippen molar-refractivity contribution in [3.63, 3.8) is 0 Å². The van der Waals surface area contributed by atoms with Gasteiger partial charge in [-0.25, -0.2) is 9.97 Å². The Hall–Kier alpha value is -0.870. The summed E-state index contributed by atoms with van der Waals surface area (Å²) in [5.74, 6) is 1.94. The maximum Gasteiger partial charge on any atom is 0.137 e. The number of likely N-dealkylation sites (N-methyl/N-ethyl adjacent to an activating group) is 1. The van der Waals surface area contributed by atoms with Gasteiger partial charge in [-0.3, -0.25) is 4.90 Å². The van der Waals surface area contributed by atoms with E-state index in [4.69, 9.17) is 11.6 Å². The molecule has 0 amide bonds. The highest BCUT2D eigenvalue weighted by molar-refractivity contribution is 6.30. The van der Waals surface area contributed by atoms with E-state index in [1.54, 1.807) is 0 Å². The molecule has 0 spiro atoms. The third-order valence-electron chi connectivity index (χ3n) is 4.00. The van der Waals surface area contributed by atoms with Crippen LogP contribution in [-0.2, 0) is 0 Å². The molecule has 0 bridgehead atoms. The fourth-order valence-corrected chi connectivity index (χ4v) is 2.34. The van der Waals surface area contributed by atoms with Crippen LogP contribution in [0.15, 0.2) is 0 Å². The molecule has 1 heterocycles. The standard InChI is InChI=1S/C15H25ClN4/c1-9(2)14-18-13(16)11(4)15(19-14)17-8-10(3)20(5)12-6-7-12/h9-10,12H,6-8H2,1-5H3,(H,17,18,19). The van der Waals surface area contributed by atoms with Gasteiger partial charge in [-0.05, 0) is 33.7 Å². The van der Waals surface area contributed by atoms with Crippen LogP contribution in [0.4, 0.5) is 5.82 Å². The van der Waals surface area contributed by atoms with Crippen LogP contribution in [-0.4, -0.2) is 40.5 Å². The van der Waals surface area contributed by atoms with E-state index in [-0.39, 0.29) is 5.92 Å². The van der Waals surface area contributed by atoms with Gasteiger partial charge < -0.3 is 5.32 Å². The van der Waals surface area contributed by atoms with Crippen LogP contribution in [0.5, 0.6) is 0 Å². The van der Waals surface area contributed by atoms with Crippen LogP contribution < -0.4 is 5.32 Å². The second-order valence-corrected chi connectivity index (χ2v) is 6.49. The third-order valence-corrected chi connectivity index (χ3v) is 4.37. The van der Waals surface area contributed by atoms with Gasteiger partial charge in [0.05, 0.1) is 0 Å². The van der Waals surface area contributed by atoms with Crippen LogP contribution in [0.25, 0.3) is 0 Å². The van der Waals surface area contributed by atoms with Crippen molar-refractivity contribution in [2.24, 2.45) is 0 Å². The van der Waals surface area contributed by atoms with E-state index >= 15 is 0 Å². The Labute approximate surface area is 126 Å². The number of hydrogen-bond donors (Lipinski definition) is 1. The molecule has 2 rings (SSSR count). The van der Waals surface area contributed by atoms with E-state index < -0.39 is 0 Å². The Balaban J connectivity index is 2.04. The number of anilines is 1. The van der Waals surface area contributed by atoms with Crippen LogP contribution in [0.1, 0.15) is 50.9 Å². The molecule has 1 saturated carbocycles. The Morgan fingerprint density at radius 3 is 2.50 bits per heavy atom. The maximum atomic E-state index is 6.20. The highest BCUT2D eigenvalue weighted by atomic mass is 35.5. The van der Waals surface area contributed by atoms with Crippen LogP contribution in [0, 0.1) is 6.92 Å². The largest absolute Gasteiger partial charge is 0.368 e. The van der Waals surface area contributed by atoms with E-state index in [1.807, 2.05) is 6.92 Å². The molecule has 0 saturated heterocycles. The van der Waals surface area contributed by atoms with E-state index in [0.717, 1.165) is 29.8 Å². The molecule has 4 nitrogen and oxygen atoms in total. The predicted molar refractivity (Wildman–Crippen MR) is 84.6 cm³/mol. The number of aromatic nitrogens is 2. The lowest BCUT2D eigenvalue weighted by molar-refractivity contribution is 0.257. The fourth-order valence-electron chi connectivity index (χ4n) is 2.17. The molecule has 112 valence electrons. The summed E-state index contributed by atoms with van der Waals surface area (Å²) < 4.78 is 0. The third kappa shape index (κ3) is 3.61. The van der Waals surface area contributed by atoms with Crippen LogP contribution in [0.3, 0.4) is 0 Å². The average molecular weight is 297 g/mol. The predicted octanol–water partition coefficient (Wildman–Crippen LogP) is 3.46. The van der Waals surface area contributed by atoms with Crippen molar-refractivity contribution in [1.82, 2.24) is 14.9 Å². The summed E-state index contributed by atoms with van der Waals surface area (Å²) in [6.07, 6.45) is 2.66. The summed E-state index contributed by atoms with van der Waals surface area (Å²) >= 11 is 6.20. The van der Waals surface area contributed by atoms with Gasteiger partial charge in [0.1, 0.15) is 16.8 Å². The molecule has 0 aromatic carbocycles. The second kappa shape index (κ2) is 6.27. The van der Waals surface area contributed by atoms with Crippen molar-refractivity contribution in [3.05, 3.63) is 16.5 Å². The van der Waals surface area contributed by atoms with Crippen molar-refractivity contribution in [2.45, 2.75) is 58.5 Å². The summed E-state index contributed by atoms with van der Waals surface area (Å²) in [7, 11) is 2.20. The van der Waals surface area contributed by atoms with Gasteiger partial charge in [0.2, 0.25) is 0 Å². The van der Waals surface area contributed by atoms with Gasteiger partial charge in [-0.15, -0.1) is 0 Å². The van der Waals surface area contributed by atoms with Gasteiger partial charge in [0, 0.05) is 30.1 Å². The molecule has 1 aromatic heterocycles. The minimum Gasteiger partial charge on any atom is -0.368 e. The number of halogens is 1. The number of hydrogen-bond acceptors (Lipinski definition) is 4. The Morgan fingerprint density at radius 1 is 1.30 bits per heavy atom. The first kappa shape index (κ1) is 15.5. The van der Waals surface area contributed by atoms with Gasteiger partial charge in [0.25, 0.3) is 0 Å². The molecule has 1 aromatic rings. The van der Waals surface area contributed by atoms with Crippen LogP contribution in [0.2, 0.25) is 5.15 Å². The SMILES string of the molecule is Cc1c(Cl)nc(C(C)C)nc1NCC(C)N(C)C1CC1. The van der Waals surface area contributed by atoms with Gasteiger partial charge >= 0.3 is 0 Å². The monoisotopic (exact) mass is 296 g/mol. The normalized spacial score (nSPS) is 16.8. The zero-order valence-corrected chi connectivity index (χ0v) is 13.8. The highest BCUT2D eigenvalue weighted by Gasteiger charge is 2.29. The summed E-state index contributed by atoms with van der Waals surface area (Å²) in [4.78, 5) is 11.4. The molecule has 1 aliphatic rings. The van der Waals surface area contributed by atoms with E-state index in [9.17, 15) is 0 Å². The first-order chi connectivity index (χ1) is 9.40. The minimum atomic E-state index is 0.278. The van der Waals surface area contributed by atoms with Gasteiger partial charge in [0.15, 0.2) is 0 Å². The van der Waals surface area contributed by atoms with Crippen molar-refractivity contribution in [3.8, 4) is 0 Å². The molecule has 1 fully saturated rings.